The fourth-order valence-electron chi connectivity index (χ4n) is 3.64. The number of nitrogens with zero attached hydrogens (tertiary/aromatic N) is 1. The molecule has 2 aliphatic rings. The van der Waals surface area contributed by atoms with Crippen LogP contribution in [0.15, 0.2) is 18.2 Å². The number of benzene rings is 1. The highest BCUT2D eigenvalue weighted by molar-refractivity contribution is 7.71. The number of hydrogen-bond donors (Lipinski definition) is 4. The lowest BCUT2D eigenvalue weighted by molar-refractivity contribution is -0.326. The highest BCUT2D eigenvalue weighted by Gasteiger charge is 2.64. The predicted octanol–water partition coefficient (Wildman–Crippen LogP) is 1.86. The van der Waals surface area contributed by atoms with Crippen molar-refractivity contribution in [1.29, 1.82) is 0 Å². The quantitative estimate of drug-likeness (QED) is 0.496. The van der Waals surface area contributed by atoms with Crippen molar-refractivity contribution >= 4 is 23.8 Å². The van der Waals surface area contributed by atoms with E-state index in [1.54, 1.807) is 10.6 Å². The van der Waals surface area contributed by atoms with Gasteiger partial charge >= 0.3 is 5.97 Å². The smallest absolute Gasteiger partial charge is 0.321 e. The van der Waals surface area contributed by atoms with Crippen LogP contribution in [0.4, 0.5) is 4.39 Å². The minimum absolute atomic E-state index is 0.144. The first-order valence-corrected chi connectivity index (χ1v) is 7.48. The van der Waals surface area contributed by atoms with Crippen LogP contribution in [0.3, 0.4) is 0 Å². The second kappa shape index (κ2) is 4.18. The summed E-state index contributed by atoms with van der Waals surface area (Å²) in [7, 11) is 0. The van der Waals surface area contributed by atoms with Crippen LogP contribution in [0.1, 0.15) is 29.3 Å². The van der Waals surface area contributed by atoms with Crippen molar-refractivity contribution in [2.45, 2.75) is 30.3 Å². The number of imidazole rings is 1. The number of aromatic amines is 1. The summed E-state index contributed by atoms with van der Waals surface area (Å²) in [4.78, 5) is 2.61. The van der Waals surface area contributed by atoms with Gasteiger partial charge in [-0.05, 0) is 42.4 Å². The molecule has 0 radical (unpaired) electrons. The van der Waals surface area contributed by atoms with Crippen LogP contribution in [0, 0.1) is 10.6 Å². The largest absolute Gasteiger partial charge is 0.339 e. The van der Waals surface area contributed by atoms with Crippen LogP contribution in [0.25, 0.3) is 0 Å². The average molecular weight is 343 g/mol. The lowest BCUT2D eigenvalue weighted by atomic mass is 9.93. The molecule has 0 saturated heterocycles. The van der Waals surface area contributed by atoms with Crippen LogP contribution < -0.4 is 0 Å². The van der Waals surface area contributed by atoms with E-state index in [4.69, 9.17) is 23.8 Å². The van der Waals surface area contributed by atoms with Crippen molar-refractivity contribution in [2.24, 2.45) is 0 Å². The lowest BCUT2D eigenvalue weighted by Crippen LogP contribution is -2.26. The summed E-state index contributed by atoms with van der Waals surface area (Å²) in [5, 5.41) is 28.9. The molecular formula is C14H12ClFN2O3S. The van der Waals surface area contributed by atoms with E-state index in [1.165, 1.54) is 12.1 Å². The van der Waals surface area contributed by atoms with E-state index in [9.17, 15) is 19.7 Å². The highest BCUT2D eigenvalue weighted by atomic mass is 35.5. The molecule has 1 aliphatic heterocycles. The molecule has 8 heteroatoms. The van der Waals surface area contributed by atoms with Crippen molar-refractivity contribution in [2.75, 3.05) is 0 Å². The molecule has 1 aromatic heterocycles. The zero-order chi connectivity index (χ0) is 15.9. The summed E-state index contributed by atoms with van der Waals surface area (Å²) in [6.07, 6.45) is 0.639. The highest BCUT2D eigenvalue weighted by Crippen LogP contribution is 2.66. The Bertz CT molecular complexity index is 857. The third-order valence-electron chi connectivity index (χ3n) is 4.67. The number of hydrogen-bond acceptors (Lipinski definition) is 4. The molecule has 1 unspecified atom stereocenters. The lowest BCUT2D eigenvalue weighted by Gasteiger charge is -2.14. The SMILES string of the molecule is OC(O)(O)c1[nH]c(=S)n2c1C1C[C@]1(c1cc(Cl)ccc1F)C2. The zero-order valence-corrected chi connectivity index (χ0v) is 12.7. The first-order chi connectivity index (χ1) is 10.2. The average Bonchev–Trinajstić information content (AvgIpc) is 2.90. The van der Waals surface area contributed by atoms with Crippen LogP contribution in [0.2, 0.25) is 5.02 Å². The molecule has 1 aliphatic carbocycles. The van der Waals surface area contributed by atoms with Gasteiger partial charge < -0.3 is 24.9 Å². The molecule has 1 fully saturated rings. The van der Waals surface area contributed by atoms with Gasteiger partial charge in [0, 0.05) is 22.9 Å². The Morgan fingerprint density at radius 2 is 2.14 bits per heavy atom. The molecule has 4 N–H and O–H groups in total. The summed E-state index contributed by atoms with van der Waals surface area (Å²) in [5.41, 5.74) is 0.363. The fourth-order valence-corrected chi connectivity index (χ4v) is 4.08. The number of fused-ring (bicyclic) bond motifs is 3. The van der Waals surface area contributed by atoms with E-state index in [1.807, 2.05) is 0 Å². The summed E-state index contributed by atoms with van der Waals surface area (Å²) in [5.74, 6) is -3.49. The van der Waals surface area contributed by atoms with Crippen LogP contribution >= 0.6 is 23.8 Å². The number of H-pyrrole nitrogens is 1. The van der Waals surface area contributed by atoms with Gasteiger partial charge in [-0.2, -0.15) is 0 Å². The number of halogens is 2. The van der Waals surface area contributed by atoms with Crippen molar-refractivity contribution in [3.63, 3.8) is 0 Å². The number of aromatic nitrogens is 2. The summed E-state index contributed by atoms with van der Waals surface area (Å²) in [6, 6.07) is 4.41. The molecule has 2 atom stereocenters. The monoisotopic (exact) mass is 342 g/mol. The fraction of sp³-hybridized carbons (Fsp3) is 0.357. The van der Waals surface area contributed by atoms with Crippen molar-refractivity contribution in [3.8, 4) is 0 Å². The van der Waals surface area contributed by atoms with Gasteiger partial charge in [0.2, 0.25) is 0 Å². The third kappa shape index (κ3) is 1.77. The molecular weight excluding hydrogens is 331 g/mol. The molecule has 1 saturated carbocycles. The van der Waals surface area contributed by atoms with Gasteiger partial charge in [0.1, 0.15) is 11.5 Å². The van der Waals surface area contributed by atoms with Crippen molar-refractivity contribution in [3.05, 3.63) is 50.8 Å². The van der Waals surface area contributed by atoms with E-state index >= 15 is 0 Å². The minimum atomic E-state index is -3.00. The van der Waals surface area contributed by atoms with E-state index in [-0.39, 0.29) is 22.2 Å². The van der Waals surface area contributed by atoms with Crippen molar-refractivity contribution < 1.29 is 19.7 Å². The standard InChI is InChI=1S/C14H12ClFN2O3S/c15-6-1-2-9(16)7(3-6)13-4-8(13)10-11(14(19,20)21)17-12(22)18(10)5-13/h1-3,8,19-21H,4-5H2,(H,17,22)/t8?,13-/m1/s1. The van der Waals surface area contributed by atoms with Crippen LogP contribution in [-0.4, -0.2) is 24.9 Å². The van der Waals surface area contributed by atoms with Crippen LogP contribution in [0.5, 0.6) is 0 Å². The van der Waals surface area contributed by atoms with Crippen molar-refractivity contribution in [1.82, 2.24) is 9.55 Å². The Balaban J connectivity index is 1.86. The molecule has 2 heterocycles. The number of rotatable bonds is 2. The van der Waals surface area contributed by atoms with Gasteiger partial charge in [-0.3, -0.25) is 0 Å². The second-order valence-electron chi connectivity index (χ2n) is 5.95. The molecule has 5 nitrogen and oxygen atoms in total. The maximum atomic E-state index is 14.2. The summed E-state index contributed by atoms with van der Waals surface area (Å²) in [6.45, 7) is 0.412. The molecule has 0 bridgehead atoms. The van der Waals surface area contributed by atoms with Crippen LogP contribution in [-0.2, 0) is 17.9 Å². The maximum Gasteiger partial charge on any atom is 0.321 e. The van der Waals surface area contributed by atoms with Gasteiger partial charge in [-0.25, -0.2) is 4.39 Å². The Morgan fingerprint density at radius 1 is 1.41 bits per heavy atom. The Morgan fingerprint density at radius 3 is 2.82 bits per heavy atom. The minimum Gasteiger partial charge on any atom is -0.339 e. The molecule has 4 rings (SSSR count). The third-order valence-corrected chi connectivity index (χ3v) is 5.23. The first kappa shape index (κ1) is 14.3. The molecule has 116 valence electrons. The molecule has 2 aromatic rings. The number of aliphatic hydroxyl groups is 3. The molecule has 0 spiro atoms. The first-order valence-electron chi connectivity index (χ1n) is 6.70. The Kier molecular flexibility index (Phi) is 2.73. The van der Waals surface area contributed by atoms with Gasteiger partial charge in [0.15, 0.2) is 4.77 Å². The van der Waals surface area contributed by atoms with E-state index in [0.717, 1.165) is 0 Å². The van der Waals surface area contributed by atoms with Gasteiger partial charge in [-0.15, -0.1) is 0 Å². The second-order valence-corrected chi connectivity index (χ2v) is 6.77. The normalized spacial score (nSPS) is 26.0. The Labute approximate surface area is 134 Å². The van der Waals surface area contributed by atoms with E-state index in [2.05, 4.69) is 4.98 Å². The predicted molar refractivity (Wildman–Crippen MR) is 78.4 cm³/mol. The number of nitrogens with one attached hydrogen (secondary N) is 1. The van der Waals surface area contributed by atoms with E-state index in [0.29, 0.717) is 29.2 Å². The maximum absolute atomic E-state index is 14.2. The van der Waals surface area contributed by atoms with E-state index < -0.39 is 11.4 Å². The van der Waals surface area contributed by atoms with Gasteiger partial charge in [0.25, 0.3) is 0 Å². The Hall–Kier alpha value is -1.25. The summed E-state index contributed by atoms with van der Waals surface area (Å²) >= 11 is 11.1. The molecule has 22 heavy (non-hydrogen) atoms. The zero-order valence-electron chi connectivity index (χ0n) is 11.2. The van der Waals surface area contributed by atoms with Gasteiger partial charge in [0.05, 0.1) is 5.69 Å². The summed E-state index contributed by atoms with van der Waals surface area (Å²) < 4.78 is 16.1. The van der Waals surface area contributed by atoms with Gasteiger partial charge in [-0.1, -0.05) is 11.6 Å². The molecule has 0 amide bonds. The molecule has 1 aromatic carbocycles. The topological polar surface area (TPSA) is 81.4 Å².